The van der Waals surface area contributed by atoms with E-state index in [9.17, 15) is 4.79 Å². The van der Waals surface area contributed by atoms with Gasteiger partial charge in [-0.05, 0) is 37.5 Å². The van der Waals surface area contributed by atoms with Crippen LogP contribution in [0.4, 0.5) is 0 Å². The zero-order valence-electron chi connectivity index (χ0n) is 16.9. The first-order valence-electron chi connectivity index (χ1n) is 10.1. The van der Waals surface area contributed by atoms with Gasteiger partial charge in [0.15, 0.2) is 0 Å². The second-order valence-electron chi connectivity index (χ2n) is 7.77. The molecule has 0 saturated heterocycles. The molecule has 8 nitrogen and oxygen atoms in total. The maximum absolute atomic E-state index is 13.0. The second-order valence-corrected chi connectivity index (χ2v) is 7.77. The molecule has 2 atom stereocenters. The van der Waals surface area contributed by atoms with E-state index in [0.717, 1.165) is 30.5 Å². The van der Waals surface area contributed by atoms with Crippen LogP contribution < -0.4 is 0 Å². The van der Waals surface area contributed by atoms with Gasteiger partial charge in [-0.25, -0.2) is 9.97 Å². The normalized spacial score (nSPS) is 18.7. The van der Waals surface area contributed by atoms with Crippen molar-refractivity contribution in [2.75, 3.05) is 7.05 Å². The summed E-state index contributed by atoms with van der Waals surface area (Å²) < 4.78 is 7.46. The lowest BCUT2D eigenvalue weighted by molar-refractivity contribution is 0.0733. The monoisotopic (exact) mass is 402 g/mol. The SMILES string of the molecule is Cc1nnc([C@H]2CC[C@@H](N(C)C(=O)c3ccc(-c4cn5cccnc5n4)cc3)C2)o1. The molecule has 0 unspecified atom stereocenters. The highest BCUT2D eigenvalue weighted by Crippen LogP contribution is 2.36. The highest BCUT2D eigenvalue weighted by atomic mass is 16.4. The van der Waals surface area contributed by atoms with Crippen molar-refractivity contribution in [3.63, 3.8) is 0 Å². The van der Waals surface area contributed by atoms with Crippen LogP contribution in [0.2, 0.25) is 0 Å². The lowest BCUT2D eigenvalue weighted by Crippen LogP contribution is -2.35. The van der Waals surface area contributed by atoms with Gasteiger partial charge in [0.1, 0.15) is 0 Å². The van der Waals surface area contributed by atoms with Crippen molar-refractivity contribution in [1.29, 1.82) is 0 Å². The summed E-state index contributed by atoms with van der Waals surface area (Å²) in [5, 5.41) is 8.07. The van der Waals surface area contributed by atoms with Crippen LogP contribution in [0.5, 0.6) is 0 Å². The van der Waals surface area contributed by atoms with Gasteiger partial charge in [-0.1, -0.05) is 12.1 Å². The molecular weight excluding hydrogens is 380 g/mol. The van der Waals surface area contributed by atoms with Crippen LogP contribution in [-0.2, 0) is 0 Å². The number of carbonyl (C=O) groups is 1. The Hall–Kier alpha value is -3.55. The zero-order valence-corrected chi connectivity index (χ0v) is 16.9. The standard InChI is InChI=1S/C22H22N6O2/c1-14-25-26-20(30-14)17-8-9-18(12-17)27(2)21(29)16-6-4-15(5-7-16)19-13-28-11-3-10-23-22(28)24-19/h3-7,10-11,13,17-18H,8-9,12H2,1-2H3/t17-,18+/m0/s1. The van der Waals surface area contributed by atoms with E-state index in [4.69, 9.17) is 4.42 Å². The van der Waals surface area contributed by atoms with Crippen molar-refractivity contribution < 1.29 is 9.21 Å². The predicted octanol–water partition coefficient (Wildman–Crippen LogP) is 3.50. The Morgan fingerprint density at radius 2 is 2.03 bits per heavy atom. The number of carbonyl (C=O) groups excluding carboxylic acids is 1. The van der Waals surface area contributed by atoms with Crippen LogP contribution >= 0.6 is 0 Å². The van der Waals surface area contributed by atoms with E-state index >= 15 is 0 Å². The van der Waals surface area contributed by atoms with Gasteiger partial charge in [-0.15, -0.1) is 10.2 Å². The summed E-state index contributed by atoms with van der Waals surface area (Å²) in [5.41, 5.74) is 2.45. The van der Waals surface area contributed by atoms with Gasteiger partial charge >= 0.3 is 0 Å². The van der Waals surface area contributed by atoms with E-state index in [1.165, 1.54) is 0 Å². The summed E-state index contributed by atoms with van der Waals surface area (Å²) in [6, 6.07) is 9.62. The third-order valence-corrected chi connectivity index (χ3v) is 5.83. The number of aryl methyl sites for hydroxylation is 1. The first-order valence-corrected chi connectivity index (χ1v) is 10.1. The highest BCUT2D eigenvalue weighted by molar-refractivity contribution is 5.94. The molecule has 1 aromatic carbocycles. The largest absolute Gasteiger partial charge is 0.425 e. The van der Waals surface area contributed by atoms with E-state index < -0.39 is 0 Å². The number of nitrogens with zero attached hydrogens (tertiary/aromatic N) is 6. The Morgan fingerprint density at radius 3 is 2.77 bits per heavy atom. The van der Waals surface area contributed by atoms with Crippen LogP contribution in [0.25, 0.3) is 17.0 Å². The number of hydrogen-bond donors (Lipinski definition) is 0. The molecule has 0 aliphatic heterocycles. The van der Waals surface area contributed by atoms with Crippen molar-refractivity contribution in [1.82, 2.24) is 29.5 Å². The smallest absolute Gasteiger partial charge is 0.253 e. The van der Waals surface area contributed by atoms with E-state index in [2.05, 4.69) is 20.2 Å². The van der Waals surface area contributed by atoms with Gasteiger partial charge in [-0.3, -0.25) is 9.20 Å². The summed E-state index contributed by atoms with van der Waals surface area (Å²) >= 11 is 0. The Bertz CT molecular complexity index is 1160. The van der Waals surface area contributed by atoms with Crippen LogP contribution in [-0.4, -0.2) is 48.5 Å². The average Bonchev–Trinajstić information content (AvgIpc) is 3.51. The Balaban J connectivity index is 1.29. The molecule has 0 radical (unpaired) electrons. The number of amides is 1. The molecular formula is C22H22N6O2. The molecule has 3 heterocycles. The minimum atomic E-state index is 0.0191. The molecule has 0 bridgehead atoms. The maximum Gasteiger partial charge on any atom is 0.253 e. The van der Waals surface area contributed by atoms with E-state index in [1.807, 2.05) is 59.1 Å². The quantitative estimate of drug-likeness (QED) is 0.519. The van der Waals surface area contributed by atoms with Crippen LogP contribution in [0.1, 0.15) is 47.3 Å². The lowest BCUT2D eigenvalue weighted by Gasteiger charge is -2.24. The van der Waals surface area contributed by atoms with Gasteiger partial charge < -0.3 is 9.32 Å². The topological polar surface area (TPSA) is 89.4 Å². The zero-order chi connectivity index (χ0) is 20.7. The number of aromatic nitrogens is 5. The Morgan fingerprint density at radius 1 is 1.20 bits per heavy atom. The van der Waals surface area contributed by atoms with E-state index in [-0.39, 0.29) is 17.9 Å². The fraction of sp³-hybridized carbons (Fsp3) is 0.318. The van der Waals surface area contributed by atoms with Gasteiger partial charge in [0.2, 0.25) is 17.6 Å². The molecule has 1 aliphatic rings. The molecule has 0 spiro atoms. The molecule has 30 heavy (non-hydrogen) atoms. The average molecular weight is 402 g/mol. The number of fused-ring (bicyclic) bond motifs is 1. The van der Waals surface area contributed by atoms with Crippen molar-refractivity contribution in [2.45, 2.75) is 38.1 Å². The fourth-order valence-electron chi connectivity index (χ4n) is 4.13. The summed E-state index contributed by atoms with van der Waals surface area (Å²) in [6.07, 6.45) is 8.29. The number of hydrogen-bond acceptors (Lipinski definition) is 6. The highest BCUT2D eigenvalue weighted by Gasteiger charge is 2.33. The summed E-state index contributed by atoms with van der Waals surface area (Å²) in [4.78, 5) is 23.6. The Kier molecular flexibility index (Phi) is 4.54. The van der Waals surface area contributed by atoms with Gasteiger partial charge in [0.05, 0.1) is 5.69 Å². The third kappa shape index (κ3) is 3.34. The van der Waals surface area contributed by atoms with Crippen molar-refractivity contribution in [3.8, 4) is 11.3 Å². The van der Waals surface area contributed by atoms with Gasteiger partial charge in [0, 0.05) is 55.6 Å². The first-order chi connectivity index (χ1) is 14.6. The van der Waals surface area contributed by atoms with Gasteiger partial charge in [-0.2, -0.15) is 0 Å². The molecule has 1 amide bonds. The summed E-state index contributed by atoms with van der Waals surface area (Å²) in [6.45, 7) is 1.80. The van der Waals surface area contributed by atoms with Crippen molar-refractivity contribution in [2.24, 2.45) is 0 Å². The molecule has 5 rings (SSSR count). The van der Waals surface area contributed by atoms with Crippen LogP contribution in [0.15, 0.2) is 53.3 Å². The molecule has 0 N–H and O–H groups in total. The maximum atomic E-state index is 13.0. The minimum absolute atomic E-state index is 0.0191. The predicted molar refractivity (Wildman–Crippen MR) is 110 cm³/mol. The molecule has 1 saturated carbocycles. The molecule has 152 valence electrons. The first kappa shape index (κ1) is 18.5. The number of imidazole rings is 1. The lowest BCUT2D eigenvalue weighted by atomic mass is 10.1. The fourth-order valence-corrected chi connectivity index (χ4v) is 4.13. The van der Waals surface area contributed by atoms with Crippen molar-refractivity contribution >= 4 is 11.7 Å². The number of rotatable bonds is 4. The minimum Gasteiger partial charge on any atom is -0.425 e. The molecule has 4 aromatic rings. The van der Waals surface area contributed by atoms with Crippen LogP contribution in [0.3, 0.4) is 0 Å². The summed E-state index contributed by atoms with van der Waals surface area (Å²) in [7, 11) is 1.87. The summed E-state index contributed by atoms with van der Waals surface area (Å²) in [5.74, 6) is 2.16. The molecule has 3 aromatic heterocycles. The van der Waals surface area contributed by atoms with Gasteiger partial charge in [0.25, 0.3) is 5.91 Å². The Labute approximate surface area is 173 Å². The van der Waals surface area contributed by atoms with E-state index in [0.29, 0.717) is 23.1 Å². The number of benzene rings is 1. The molecule has 1 aliphatic carbocycles. The van der Waals surface area contributed by atoms with Crippen molar-refractivity contribution in [3.05, 3.63) is 66.3 Å². The molecule has 1 fully saturated rings. The molecule has 8 heteroatoms. The second kappa shape index (κ2) is 7.37. The third-order valence-electron chi connectivity index (χ3n) is 5.83. The van der Waals surface area contributed by atoms with Crippen LogP contribution in [0, 0.1) is 6.92 Å². The van der Waals surface area contributed by atoms with E-state index in [1.54, 1.807) is 13.1 Å².